The van der Waals surface area contributed by atoms with Crippen LogP contribution in [0.15, 0.2) is 54.6 Å². The molecule has 25 heavy (non-hydrogen) atoms. The first kappa shape index (κ1) is 17.2. The molecule has 5 nitrogen and oxygen atoms in total. The van der Waals surface area contributed by atoms with Crippen molar-refractivity contribution in [1.82, 2.24) is 4.90 Å². The SMILES string of the molecule is CC1CN(C(=O)Cc2ccc(C(=O)O)cc2)CC(c2ccccc2)O1. The Labute approximate surface area is 146 Å². The molecule has 1 amide bonds. The Kier molecular flexibility index (Phi) is 5.14. The maximum atomic E-state index is 12.7. The molecule has 0 bridgehead atoms. The van der Waals surface area contributed by atoms with E-state index in [-0.39, 0.29) is 30.1 Å². The standard InChI is InChI=1S/C20H21NO4/c1-14-12-21(13-18(25-14)16-5-3-2-4-6-16)19(22)11-15-7-9-17(10-8-15)20(23)24/h2-10,14,18H,11-13H2,1H3,(H,23,24). The average Bonchev–Trinajstić information content (AvgIpc) is 2.62. The Morgan fingerprint density at radius 3 is 2.40 bits per heavy atom. The van der Waals surface area contributed by atoms with Gasteiger partial charge in [0.25, 0.3) is 0 Å². The fraction of sp³-hybridized carbons (Fsp3) is 0.300. The number of rotatable bonds is 4. The van der Waals surface area contributed by atoms with Gasteiger partial charge < -0.3 is 14.7 Å². The molecule has 5 heteroatoms. The van der Waals surface area contributed by atoms with Gasteiger partial charge in [0.15, 0.2) is 0 Å². The van der Waals surface area contributed by atoms with Gasteiger partial charge in [-0.3, -0.25) is 4.79 Å². The van der Waals surface area contributed by atoms with Crippen molar-refractivity contribution in [3.05, 3.63) is 71.3 Å². The number of carbonyl (C=O) groups is 2. The number of nitrogens with zero attached hydrogens (tertiary/aromatic N) is 1. The minimum Gasteiger partial charge on any atom is -0.478 e. The van der Waals surface area contributed by atoms with Gasteiger partial charge in [-0.2, -0.15) is 0 Å². The van der Waals surface area contributed by atoms with Gasteiger partial charge in [-0.25, -0.2) is 4.79 Å². The van der Waals surface area contributed by atoms with Crippen LogP contribution in [0.2, 0.25) is 0 Å². The molecule has 2 aromatic carbocycles. The number of amides is 1. The summed E-state index contributed by atoms with van der Waals surface area (Å²) >= 11 is 0. The Bertz CT molecular complexity index is 742. The van der Waals surface area contributed by atoms with Crippen LogP contribution in [-0.4, -0.2) is 41.1 Å². The van der Waals surface area contributed by atoms with Crippen LogP contribution in [0.4, 0.5) is 0 Å². The van der Waals surface area contributed by atoms with E-state index in [1.165, 1.54) is 12.1 Å². The molecule has 1 N–H and O–H groups in total. The van der Waals surface area contributed by atoms with Gasteiger partial charge >= 0.3 is 5.97 Å². The van der Waals surface area contributed by atoms with Crippen LogP contribution in [0.25, 0.3) is 0 Å². The van der Waals surface area contributed by atoms with Crippen molar-refractivity contribution in [2.75, 3.05) is 13.1 Å². The van der Waals surface area contributed by atoms with Gasteiger partial charge in [-0.05, 0) is 30.2 Å². The summed E-state index contributed by atoms with van der Waals surface area (Å²) in [6.45, 7) is 3.06. The maximum Gasteiger partial charge on any atom is 0.335 e. The lowest BCUT2D eigenvalue weighted by Gasteiger charge is -2.37. The molecule has 0 saturated carbocycles. The highest BCUT2D eigenvalue weighted by Gasteiger charge is 2.29. The fourth-order valence-corrected chi connectivity index (χ4v) is 3.06. The van der Waals surface area contributed by atoms with Crippen LogP contribution in [0, 0.1) is 0 Å². The largest absolute Gasteiger partial charge is 0.478 e. The van der Waals surface area contributed by atoms with E-state index in [9.17, 15) is 9.59 Å². The van der Waals surface area contributed by atoms with E-state index in [1.807, 2.05) is 42.2 Å². The second kappa shape index (κ2) is 7.49. The first-order valence-corrected chi connectivity index (χ1v) is 8.33. The lowest BCUT2D eigenvalue weighted by atomic mass is 10.0. The molecule has 1 heterocycles. The third-order valence-electron chi connectivity index (χ3n) is 4.34. The van der Waals surface area contributed by atoms with Crippen molar-refractivity contribution >= 4 is 11.9 Å². The minimum absolute atomic E-state index is 0.0270. The molecule has 0 aromatic heterocycles. The predicted octanol–water partition coefficient (Wildman–Crippen LogP) is 2.92. The third kappa shape index (κ3) is 4.25. The van der Waals surface area contributed by atoms with E-state index in [2.05, 4.69) is 0 Å². The molecule has 2 unspecified atom stereocenters. The third-order valence-corrected chi connectivity index (χ3v) is 4.34. The van der Waals surface area contributed by atoms with E-state index < -0.39 is 5.97 Å². The summed E-state index contributed by atoms with van der Waals surface area (Å²) in [5.41, 5.74) is 2.10. The van der Waals surface area contributed by atoms with Crippen LogP contribution >= 0.6 is 0 Å². The summed E-state index contributed by atoms with van der Waals surface area (Å²) in [7, 11) is 0. The van der Waals surface area contributed by atoms with Gasteiger partial charge in [0.1, 0.15) is 6.10 Å². The zero-order valence-electron chi connectivity index (χ0n) is 14.1. The highest BCUT2D eigenvalue weighted by molar-refractivity contribution is 5.87. The molecule has 1 fully saturated rings. The van der Waals surface area contributed by atoms with Crippen LogP contribution in [0.1, 0.15) is 34.5 Å². The van der Waals surface area contributed by atoms with Gasteiger partial charge in [-0.1, -0.05) is 42.5 Å². The number of ether oxygens (including phenoxy) is 1. The molecule has 2 aromatic rings. The van der Waals surface area contributed by atoms with Gasteiger partial charge in [0.05, 0.1) is 24.6 Å². The van der Waals surface area contributed by atoms with Crippen molar-refractivity contribution in [2.24, 2.45) is 0 Å². The molecule has 0 spiro atoms. The second-order valence-corrected chi connectivity index (χ2v) is 6.32. The van der Waals surface area contributed by atoms with E-state index in [0.717, 1.165) is 11.1 Å². The fourth-order valence-electron chi connectivity index (χ4n) is 3.06. The van der Waals surface area contributed by atoms with Crippen molar-refractivity contribution in [3.63, 3.8) is 0 Å². The molecule has 130 valence electrons. The van der Waals surface area contributed by atoms with Crippen LogP contribution < -0.4 is 0 Å². The zero-order valence-corrected chi connectivity index (χ0v) is 14.1. The van der Waals surface area contributed by atoms with Crippen LogP contribution in [0.5, 0.6) is 0 Å². The lowest BCUT2D eigenvalue weighted by molar-refractivity contribution is -0.144. The Balaban J connectivity index is 1.67. The van der Waals surface area contributed by atoms with Crippen LogP contribution in [0.3, 0.4) is 0 Å². The molecule has 1 aliphatic rings. The molecule has 3 rings (SSSR count). The van der Waals surface area contributed by atoms with Gasteiger partial charge in [0, 0.05) is 6.54 Å². The van der Waals surface area contributed by atoms with Crippen molar-refractivity contribution < 1.29 is 19.4 Å². The van der Waals surface area contributed by atoms with E-state index in [0.29, 0.717) is 13.1 Å². The monoisotopic (exact) mass is 339 g/mol. The highest BCUT2D eigenvalue weighted by Crippen LogP contribution is 2.25. The molecular weight excluding hydrogens is 318 g/mol. The van der Waals surface area contributed by atoms with E-state index in [1.54, 1.807) is 12.1 Å². The van der Waals surface area contributed by atoms with E-state index >= 15 is 0 Å². The Morgan fingerprint density at radius 2 is 1.76 bits per heavy atom. The van der Waals surface area contributed by atoms with Crippen molar-refractivity contribution in [1.29, 1.82) is 0 Å². The molecular formula is C20H21NO4. The summed E-state index contributed by atoms with van der Waals surface area (Å²) in [6.07, 6.45) is 0.106. The predicted molar refractivity (Wildman–Crippen MR) is 93.4 cm³/mol. The minimum atomic E-state index is -0.967. The molecule has 0 radical (unpaired) electrons. The van der Waals surface area contributed by atoms with Crippen molar-refractivity contribution in [3.8, 4) is 0 Å². The first-order chi connectivity index (χ1) is 12.0. The molecule has 1 saturated heterocycles. The topological polar surface area (TPSA) is 66.8 Å². The van der Waals surface area contributed by atoms with E-state index in [4.69, 9.17) is 9.84 Å². The quantitative estimate of drug-likeness (QED) is 0.930. The Hall–Kier alpha value is -2.66. The summed E-state index contributed by atoms with van der Waals surface area (Å²) in [5, 5.41) is 8.94. The second-order valence-electron chi connectivity index (χ2n) is 6.32. The number of benzene rings is 2. The smallest absolute Gasteiger partial charge is 0.335 e. The maximum absolute atomic E-state index is 12.7. The summed E-state index contributed by atoms with van der Waals surface area (Å²) in [6, 6.07) is 16.4. The van der Waals surface area contributed by atoms with Gasteiger partial charge in [0.2, 0.25) is 5.91 Å². The highest BCUT2D eigenvalue weighted by atomic mass is 16.5. The lowest BCUT2D eigenvalue weighted by Crippen LogP contribution is -2.46. The van der Waals surface area contributed by atoms with Crippen LogP contribution in [-0.2, 0) is 16.0 Å². The molecule has 0 aliphatic carbocycles. The summed E-state index contributed by atoms with van der Waals surface area (Å²) in [4.78, 5) is 25.4. The number of hydrogen-bond donors (Lipinski definition) is 1. The zero-order chi connectivity index (χ0) is 17.8. The van der Waals surface area contributed by atoms with Gasteiger partial charge in [-0.15, -0.1) is 0 Å². The number of hydrogen-bond acceptors (Lipinski definition) is 3. The number of morpholine rings is 1. The number of carbonyl (C=O) groups excluding carboxylic acids is 1. The summed E-state index contributed by atoms with van der Waals surface area (Å²) < 4.78 is 5.99. The Morgan fingerprint density at radius 1 is 1.08 bits per heavy atom. The molecule has 1 aliphatic heterocycles. The number of carboxylic acids is 1. The summed E-state index contributed by atoms with van der Waals surface area (Å²) in [5.74, 6) is -0.940. The normalized spacial score (nSPS) is 20.3. The molecule has 2 atom stereocenters. The van der Waals surface area contributed by atoms with Crippen molar-refractivity contribution in [2.45, 2.75) is 25.6 Å². The first-order valence-electron chi connectivity index (χ1n) is 8.33. The number of carboxylic acid groups (broad SMARTS) is 1. The number of aromatic carboxylic acids is 1. The average molecular weight is 339 g/mol.